The molecule has 1 heterocycles. The summed E-state index contributed by atoms with van der Waals surface area (Å²) in [5.41, 5.74) is 0.0348. The molecule has 0 radical (unpaired) electrons. The molecular weight excluding hydrogens is 323 g/mol. The minimum absolute atomic E-state index is 0.364. The Labute approximate surface area is 144 Å². The van der Waals surface area contributed by atoms with Crippen LogP contribution in [0.15, 0.2) is 66.7 Å². The van der Waals surface area contributed by atoms with Crippen LogP contribution < -0.4 is 0 Å². The van der Waals surface area contributed by atoms with Crippen LogP contribution in [0.25, 0.3) is 11.6 Å². The zero-order valence-electron chi connectivity index (χ0n) is 13.4. The number of benzene rings is 2. The van der Waals surface area contributed by atoms with Crippen LogP contribution in [0.5, 0.6) is 0 Å². The number of halogens is 1. The summed E-state index contributed by atoms with van der Waals surface area (Å²) >= 11 is 0. The Kier molecular flexibility index (Phi) is 4.48. The molecule has 0 aromatic heterocycles. The lowest BCUT2D eigenvalue weighted by molar-refractivity contribution is -0.163. The van der Waals surface area contributed by atoms with Gasteiger partial charge in [0, 0.05) is 11.6 Å². The van der Waals surface area contributed by atoms with Crippen molar-refractivity contribution in [2.75, 3.05) is 7.11 Å². The lowest BCUT2D eigenvalue weighted by atomic mass is 9.88. The molecule has 0 spiro atoms. The second-order valence-corrected chi connectivity index (χ2v) is 5.46. The van der Waals surface area contributed by atoms with Gasteiger partial charge in [0.05, 0.1) is 7.11 Å². The number of ether oxygens (including phenoxy) is 2. The maximum atomic E-state index is 13.0. The molecule has 4 nitrogen and oxygen atoms in total. The molecule has 0 bridgehead atoms. The summed E-state index contributed by atoms with van der Waals surface area (Å²) < 4.78 is 23.3. The Bertz CT molecular complexity index is 853. The van der Waals surface area contributed by atoms with Gasteiger partial charge in [0.15, 0.2) is 0 Å². The van der Waals surface area contributed by atoms with Gasteiger partial charge in [-0.15, -0.1) is 0 Å². The van der Waals surface area contributed by atoms with Crippen LogP contribution in [-0.2, 0) is 19.1 Å². The second-order valence-electron chi connectivity index (χ2n) is 5.46. The van der Waals surface area contributed by atoms with Gasteiger partial charge in [-0.05, 0) is 29.3 Å². The highest BCUT2D eigenvalue weighted by Gasteiger charge is 2.49. The van der Waals surface area contributed by atoms with Crippen molar-refractivity contribution in [3.63, 3.8) is 0 Å². The molecule has 0 aliphatic carbocycles. The van der Waals surface area contributed by atoms with E-state index in [-0.39, 0.29) is 5.82 Å². The Morgan fingerprint density at radius 1 is 1.12 bits per heavy atom. The maximum Gasteiger partial charge on any atom is 0.359 e. The molecular formula is C20H15FO4. The third kappa shape index (κ3) is 3.21. The molecule has 2 aromatic rings. The van der Waals surface area contributed by atoms with Gasteiger partial charge in [-0.2, -0.15) is 0 Å². The molecule has 1 atom stereocenters. The Morgan fingerprint density at radius 2 is 1.80 bits per heavy atom. The van der Waals surface area contributed by atoms with E-state index in [9.17, 15) is 14.0 Å². The first-order valence-electron chi connectivity index (χ1n) is 7.59. The van der Waals surface area contributed by atoms with Crippen molar-refractivity contribution in [1.29, 1.82) is 0 Å². The number of methoxy groups -OCH3 is 1. The molecule has 0 N–H and O–H groups in total. The standard InChI is InChI=1S/C20H15FO4/c1-24-19(23)20(12-11-14-7-9-16(21)10-8-14)17(13-18(22)25-20)15-5-3-2-4-6-15/h2-13H,1H3/b12-11+/t20-/m1/s1. The number of hydrogen-bond acceptors (Lipinski definition) is 4. The van der Waals surface area contributed by atoms with Crippen LogP contribution in [0.1, 0.15) is 11.1 Å². The Balaban J connectivity index is 2.07. The van der Waals surface area contributed by atoms with Gasteiger partial charge in [-0.1, -0.05) is 48.5 Å². The van der Waals surface area contributed by atoms with Gasteiger partial charge in [-0.3, -0.25) is 0 Å². The number of esters is 2. The van der Waals surface area contributed by atoms with E-state index in [1.807, 2.05) is 6.07 Å². The first-order valence-corrected chi connectivity index (χ1v) is 7.59. The summed E-state index contributed by atoms with van der Waals surface area (Å²) in [6.45, 7) is 0. The molecule has 1 aliphatic heterocycles. The molecule has 25 heavy (non-hydrogen) atoms. The molecule has 5 heteroatoms. The summed E-state index contributed by atoms with van der Waals surface area (Å²) in [7, 11) is 1.23. The molecule has 0 unspecified atom stereocenters. The highest BCUT2D eigenvalue weighted by molar-refractivity contribution is 6.11. The summed E-state index contributed by atoms with van der Waals surface area (Å²) in [5, 5.41) is 0. The topological polar surface area (TPSA) is 52.6 Å². The highest BCUT2D eigenvalue weighted by Crippen LogP contribution is 2.38. The fourth-order valence-electron chi connectivity index (χ4n) is 2.67. The molecule has 3 rings (SSSR count). The third-order valence-corrected chi connectivity index (χ3v) is 3.88. The molecule has 2 aromatic carbocycles. The zero-order valence-corrected chi connectivity index (χ0v) is 13.4. The van der Waals surface area contributed by atoms with Gasteiger partial charge in [-0.25, -0.2) is 14.0 Å². The number of carbonyl (C=O) groups excluding carboxylic acids is 2. The number of rotatable bonds is 4. The highest BCUT2D eigenvalue weighted by atomic mass is 19.1. The summed E-state index contributed by atoms with van der Waals surface area (Å²) in [6.07, 6.45) is 4.32. The Hall–Kier alpha value is -3.21. The quantitative estimate of drug-likeness (QED) is 0.802. The fourth-order valence-corrected chi connectivity index (χ4v) is 2.67. The molecule has 126 valence electrons. The lowest BCUT2D eigenvalue weighted by Crippen LogP contribution is -2.39. The molecule has 0 amide bonds. The number of hydrogen-bond donors (Lipinski definition) is 0. The van der Waals surface area contributed by atoms with E-state index in [0.717, 1.165) is 0 Å². The van der Waals surface area contributed by atoms with Gasteiger partial charge in [0.25, 0.3) is 5.60 Å². The van der Waals surface area contributed by atoms with E-state index in [4.69, 9.17) is 9.47 Å². The SMILES string of the molecule is COC(=O)[C@]1(/C=C/c2ccc(F)cc2)OC(=O)C=C1c1ccccc1. The Morgan fingerprint density at radius 3 is 2.44 bits per heavy atom. The summed E-state index contributed by atoms with van der Waals surface area (Å²) in [6, 6.07) is 14.7. The average Bonchev–Trinajstić information content (AvgIpc) is 2.99. The second kappa shape index (κ2) is 6.73. The van der Waals surface area contributed by atoms with Crippen molar-refractivity contribution < 1.29 is 23.5 Å². The molecule has 0 saturated carbocycles. The average molecular weight is 338 g/mol. The van der Waals surface area contributed by atoms with Crippen molar-refractivity contribution in [3.05, 3.63) is 83.7 Å². The first kappa shape index (κ1) is 16.6. The number of carbonyl (C=O) groups is 2. The van der Waals surface area contributed by atoms with Gasteiger partial charge in [0.1, 0.15) is 5.82 Å². The van der Waals surface area contributed by atoms with E-state index in [1.54, 1.807) is 42.5 Å². The molecule has 0 fully saturated rings. The zero-order chi connectivity index (χ0) is 17.9. The van der Waals surface area contributed by atoms with E-state index < -0.39 is 17.5 Å². The smallest absolute Gasteiger partial charge is 0.359 e. The maximum absolute atomic E-state index is 13.0. The van der Waals surface area contributed by atoms with Crippen molar-refractivity contribution in [2.45, 2.75) is 5.60 Å². The molecule has 0 saturated heterocycles. The van der Waals surface area contributed by atoms with Crippen LogP contribution in [0.4, 0.5) is 4.39 Å². The fraction of sp³-hybridized carbons (Fsp3) is 0.100. The summed E-state index contributed by atoms with van der Waals surface area (Å²) in [5.74, 6) is -1.71. The van der Waals surface area contributed by atoms with Crippen LogP contribution in [0, 0.1) is 5.82 Å². The van der Waals surface area contributed by atoms with E-state index in [1.165, 1.54) is 31.4 Å². The predicted molar refractivity (Wildman–Crippen MR) is 90.7 cm³/mol. The largest absolute Gasteiger partial charge is 0.466 e. The third-order valence-electron chi connectivity index (χ3n) is 3.88. The van der Waals surface area contributed by atoms with E-state index in [2.05, 4.69) is 0 Å². The monoisotopic (exact) mass is 338 g/mol. The van der Waals surface area contributed by atoms with Crippen molar-refractivity contribution in [3.8, 4) is 0 Å². The van der Waals surface area contributed by atoms with Crippen LogP contribution in [-0.4, -0.2) is 24.6 Å². The van der Waals surface area contributed by atoms with Crippen LogP contribution in [0.2, 0.25) is 0 Å². The number of cyclic esters (lactones) is 1. The van der Waals surface area contributed by atoms with E-state index in [0.29, 0.717) is 16.7 Å². The van der Waals surface area contributed by atoms with Crippen LogP contribution in [0.3, 0.4) is 0 Å². The lowest BCUT2D eigenvalue weighted by Gasteiger charge is -2.25. The van der Waals surface area contributed by atoms with Crippen molar-refractivity contribution in [1.82, 2.24) is 0 Å². The van der Waals surface area contributed by atoms with Gasteiger partial charge >= 0.3 is 11.9 Å². The van der Waals surface area contributed by atoms with Crippen molar-refractivity contribution in [2.24, 2.45) is 0 Å². The summed E-state index contributed by atoms with van der Waals surface area (Å²) in [4.78, 5) is 24.4. The first-order chi connectivity index (χ1) is 12.0. The van der Waals surface area contributed by atoms with Gasteiger partial charge in [0.2, 0.25) is 0 Å². The predicted octanol–water partition coefficient (Wildman–Crippen LogP) is 3.39. The van der Waals surface area contributed by atoms with Crippen LogP contribution >= 0.6 is 0 Å². The molecule has 1 aliphatic rings. The van der Waals surface area contributed by atoms with Gasteiger partial charge < -0.3 is 9.47 Å². The minimum Gasteiger partial charge on any atom is -0.466 e. The normalized spacial score (nSPS) is 19.6. The minimum atomic E-state index is -1.68. The van der Waals surface area contributed by atoms with E-state index >= 15 is 0 Å². The van der Waals surface area contributed by atoms with Crippen molar-refractivity contribution >= 4 is 23.6 Å².